The quantitative estimate of drug-likeness (QED) is 0.390. The van der Waals surface area contributed by atoms with Crippen LogP contribution < -0.4 is 11.0 Å². The van der Waals surface area contributed by atoms with Gasteiger partial charge < -0.3 is 5.32 Å². The number of nitrogens with one attached hydrogen (secondary N) is 1. The van der Waals surface area contributed by atoms with Crippen LogP contribution in [0.5, 0.6) is 0 Å². The van der Waals surface area contributed by atoms with E-state index >= 15 is 0 Å². The van der Waals surface area contributed by atoms with Crippen molar-refractivity contribution in [1.29, 1.82) is 0 Å². The third kappa shape index (κ3) is 4.94. The zero-order valence-corrected chi connectivity index (χ0v) is 20.4. The summed E-state index contributed by atoms with van der Waals surface area (Å²) in [7, 11) is -4.04. The molecule has 0 radical (unpaired) electrons. The maximum atomic E-state index is 13.1. The van der Waals surface area contributed by atoms with Crippen molar-refractivity contribution in [3.63, 3.8) is 0 Å². The van der Waals surface area contributed by atoms with Crippen LogP contribution in [0.15, 0.2) is 58.5 Å². The molecule has 0 aliphatic carbocycles. The third-order valence-electron chi connectivity index (χ3n) is 4.98. The summed E-state index contributed by atoms with van der Waals surface area (Å²) in [4.78, 5) is 29.0. The van der Waals surface area contributed by atoms with E-state index in [0.717, 1.165) is 24.4 Å². The molecule has 0 aliphatic heterocycles. The van der Waals surface area contributed by atoms with Crippen LogP contribution in [0.4, 0.5) is 18.9 Å². The van der Waals surface area contributed by atoms with Gasteiger partial charge in [0.05, 0.1) is 23.2 Å². The van der Waals surface area contributed by atoms with Crippen LogP contribution in [-0.2, 0) is 16.0 Å². The van der Waals surface area contributed by atoms with Crippen LogP contribution in [0.3, 0.4) is 0 Å². The molecule has 0 saturated heterocycles. The number of halogens is 5. The number of carbonyl (C=O) groups is 1. The van der Waals surface area contributed by atoms with Crippen LogP contribution in [-0.4, -0.2) is 39.2 Å². The molecule has 4 rings (SSSR count). The molecule has 0 unspecified atom stereocenters. The summed E-state index contributed by atoms with van der Waals surface area (Å²) in [5.74, 6) is -1.51. The fourth-order valence-electron chi connectivity index (χ4n) is 3.22. The second-order valence-electron chi connectivity index (χ2n) is 7.40. The minimum absolute atomic E-state index is 0.0388. The van der Waals surface area contributed by atoms with Crippen molar-refractivity contribution in [3.05, 3.63) is 80.4 Å². The summed E-state index contributed by atoms with van der Waals surface area (Å²) in [6.07, 6.45) is -3.08. The number of amides is 1. The monoisotopic (exact) mass is 559 g/mol. The second kappa shape index (κ2) is 9.22. The van der Waals surface area contributed by atoms with Gasteiger partial charge in [0.25, 0.3) is 5.91 Å². The highest BCUT2D eigenvalue weighted by Gasteiger charge is 2.31. The first-order chi connectivity index (χ1) is 16.8. The number of nitrogens with zero attached hydrogens (tertiary/aromatic N) is 4. The molecule has 188 valence electrons. The lowest BCUT2D eigenvalue weighted by Crippen LogP contribution is -2.24. The molecule has 0 bridgehead atoms. The molecule has 1 aromatic carbocycles. The molecule has 0 aliphatic rings. The summed E-state index contributed by atoms with van der Waals surface area (Å²) < 4.78 is 66.1. The Labute approximate surface area is 211 Å². The number of carbonyl (C=O) groups excluding carboxylic acids is 1. The molecule has 9 nitrogen and oxygen atoms in total. The van der Waals surface area contributed by atoms with Crippen LogP contribution in [0.25, 0.3) is 11.5 Å². The fourth-order valence-corrected chi connectivity index (χ4v) is 4.78. The fraction of sp³-hybridized carbons (Fsp3) is 0.143. The van der Waals surface area contributed by atoms with Crippen molar-refractivity contribution in [1.82, 2.24) is 19.2 Å². The summed E-state index contributed by atoms with van der Waals surface area (Å²) in [5, 5.41) is 6.81. The zero-order chi connectivity index (χ0) is 26.4. The number of pyridine rings is 2. The molecule has 3 heterocycles. The smallest absolute Gasteiger partial charge is 0.321 e. The lowest BCUT2D eigenvalue weighted by Gasteiger charge is -2.11. The number of fused-ring (bicyclic) bond motifs is 1. The molecule has 15 heteroatoms. The van der Waals surface area contributed by atoms with Gasteiger partial charge in [-0.05, 0) is 36.4 Å². The van der Waals surface area contributed by atoms with E-state index in [0.29, 0.717) is 15.3 Å². The predicted molar refractivity (Wildman–Crippen MR) is 126 cm³/mol. The number of sulfone groups is 1. The summed E-state index contributed by atoms with van der Waals surface area (Å²) in [6, 6.07) is 6.90. The molecule has 36 heavy (non-hydrogen) atoms. The minimum Gasteiger partial charge on any atom is -0.321 e. The number of alkyl halides is 3. The van der Waals surface area contributed by atoms with E-state index < -0.39 is 49.6 Å². The maximum Gasteiger partial charge on any atom is 0.417 e. The Morgan fingerprint density at radius 1 is 1.11 bits per heavy atom. The topological polar surface area (TPSA) is 115 Å². The van der Waals surface area contributed by atoms with Gasteiger partial charge in [0.2, 0.25) is 0 Å². The van der Waals surface area contributed by atoms with Crippen molar-refractivity contribution in [3.8, 4) is 5.82 Å². The van der Waals surface area contributed by atoms with Crippen molar-refractivity contribution in [2.75, 3.05) is 11.1 Å². The highest BCUT2D eigenvalue weighted by molar-refractivity contribution is 7.91. The molecular formula is C21H14Cl2F3N5O4S. The van der Waals surface area contributed by atoms with Crippen LogP contribution in [0, 0.1) is 0 Å². The molecule has 0 spiro atoms. The third-order valence-corrected chi connectivity index (χ3v) is 7.14. The summed E-state index contributed by atoms with van der Waals surface area (Å²) in [6.45, 7) is 1.35. The molecule has 4 aromatic rings. The maximum absolute atomic E-state index is 13.1. The lowest BCUT2D eigenvalue weighted by atomic mass is 10.2. The first-order valence-corrected chi connectivity index (χ1v) is 12.4. The SMILES string of the molecule is CCS(=O)(=O)c1cc(NC(=O)c2cc(Cl)cc(Cl)c2)cnc1-n1nc2ccc(C(F)(F)F)cn2c1=O. The van der Waals surface area contributed by atoms with Crippen LogP contribution in [0.2, 0.25) is 10.0 Å². The molecule has 1 amide bonds. The number of benzene rings is 1. The van der Waals surface area contributed by atoms with Crippen molar-refractivity contribution >= 4 is 50.3 Å². The Bertz CT molecular complexity index is 1660. The van der Waals surface area contributed by atoms with Gasteiger partial charge in [-0.1, -0.05) is 30.1 Å². The van der Waals surface area contributed by atoms with Crippen molar-refractivity contribution in [2.24, 2.45) is 0 Å². The molecule has 3 aromatic heterocycles. The van der Waals surface area contributed by atoms with E-state index in [2.05, 4.69) is 15.4 Å². The van der Waals surface area contributed by atoms with Gasteiger partial charge in [-0.3, -0.25) is 4.79 Å². The predicted octanol–water partition coefficient (Wildman–Crippen LogP) is 4.25. The first kappa shape index (κ1) is 25.7. The minimum atomic E-state index is -4.71. The van der Waals surface area contributed by atoms with Gasteiger partial charge >= 0.3 is 11.9 Å². The highest BCUT2D eigenvalue weighted by atomic mass is 35.5. The molecule has 0 fully saturated rings. The van der Waals surface area contributed by atoms with E-state index in [9.17, 15) is 31.2 Å². The first-order valence-electron chi connectivity index (χ1n) is 9.99. The largest absolute Gasteiger partial charge is 0.417 e. The summed E-state index contributed by atoms with van der Waals surface area (Å²) >= 11 is 11.8. The Morgan fingerprint density at radius 3 is 2.39 bits per heavy atom. The van der Waals surface area contributed by atoms with Crippen molar-refractivity contribution in [2.45, 2.75) is 18.0 Å². The zero-order valence-electron chi connectivity index (χ0n) is 18.0. The van der Waals surface area contributed by atoms with Gasteiger partial charge in [-0.15, -0.1) is 5.10 Å². The van der Waals surface area contributed by atoms with E-state index in [1.165, 1.54) is 25.1 Å². The van der Waals surface area contributed by atoms with E-state index in [1.54, 1.807) is 0 Å². The van der Waals surface area contributed by atoms with Gasteiger partial charge in [-0.2, -0.15) is 17.9 Å². The Morgan fingerprint density at radius 2 is 1.78 bits per heavy atom. The van der Waals surface area contributed by atoms with E-state index in [1.807, 2.05) is 0 Å². The molecule has 1 N–H and O–H groups in total. The van der Waals surface area contributed by atoms with E-state index in [4.69, 9.17) is 23.2 Å². The average Bonchev–Trinajstić information content (AvgIpc) is 3.13. The normalized spacial score (nSPS) is 12.2. The lowest BCUT2D eigenvalue weighted by molar-refractivity contribution is -0.137. The Kier molecular flexibility index (Phi) is 6.58. The number of aromatic nitrogens is 4. The second-order valence-corrected chi connectivity index (χ2v) is 10.5. The Balaban J connectivity index is 1.82. The number of anilines is 1. The summed E-state index contributed by atoms with van der Waals surface area (Å²) in [5.41, 5.74) is -2.27. The van der Waals surface area contributed by atoms with Crippen molar-refractivity contribution < 1.29 is 26.4 Å². The number of rotatable bonds is 5. The van der Waals surface area contributed by atoms with Crippen LogP contribution in [0.1, 0.15) is 22.8 Å². The molecule has 0 atom stereocenters. The Hall–Kier alpha value is -3.42. The van der Waals surface area contributed by atoms with Gasteiger partial charge in [0, 0.05) is 21.8 Å². The van der Waals surface area contributed by atoms with E-state index in [-0.39, 0.29) is 26.9 Å². The van der Waals surface area contributed by atoms with Gasteiger partial charge in [0.15, 0.2) is 21.3 Å². The van der Waals surface area contributed by atoms with Gasteiger partial charge in [-0.25, -0.2) is 22.6 Å². The molecule has 0 saturated carbocycles. The number of hydrogen-bond acceptors (Lipinski definition) is 6. The number of hydrogen-bond donors (Lipinski definition) is 1. The highest BCUT2D eigenvalue weighted by Crippen LogP contribution is 2.29. The van der Waals surface area contributed by atoms with Gasteiger partial charge in [0.1, 0.15) is 4.90 Å². The molecular weight excluding hydrogens is 546 g/mol. The standard InChI is InChI=1S/C21H14Cl2F3N5O4S/c1-2-36(34,35)16-8-15(28-19(32)11-5-13(22)7-14(23)6-11)9-27-18(16)31-20(33)30-10-12(21(24,25)26)3-4-17(30)29-31/h3-10H,2H2,1H3,(H,28,32). The van der Waals surface area contributed by atoms with Crippen LogP contribution >= 0.6 is 23.2 Å². The average molecular weight is 560 g/mol.